The number of carbonyl (C=O) groups excluding carboxylic acids is 1. The van der Waals surface area contributed by atoms with Crippen molar-refractivity contribution in [1.82, 2.24) is 10.3 Å². The fourth-order valence-corrected chi connectivity index (χ4v) is 4.03. The van der Waals surface area contributed by atoms with Gasteiger partial charge < -0.3 is 15.0 Å². The molecule has 5 nitrogen and oxygen atoms in total. The van der Waals surface area contributed by atoms with E-state index in [1.54, 1.807) is 36.4 Å². The van der Waals surface area contributed by atoms with Crippen LogP contribution in [0.1, 0.15) is 34.5 Å². The van der Waals surface area contributed by atoms with Gasteiger partial charge in [0.2, 0.25) is 0 Å². The van der Waals surface area contributed by atoms with Gasteiger partial charge in [0, 0.05) is 30.6 Å². The number of hydrogen-bond donors (Lipinski definition) is 2. The summed E-state index contributed by atoms with van der Waals surface area (Å²) in [5.41, 5.74) is -1.16. The Labute approximate surface area is 176 Å². The van der Waals surface area contributed by atoms with Crippen molar-refractivity contribution < 1.29 is 22.7 Å². The van der Waals surface area contributed by atoms with Crippen molar-refractivity contribution in [3.8, 4) is 0 Å². The number of alkyl halides is 3. The Morgan fingerprint density at radius 1 is 1.06 bits per heavy atom. The molecular weight excluding hydrogens is 409 g/mol. The first kappa shape index (κ1) is 21.1. The molecule has 1 amide bonds. The Morgan fingerprint density at radius 3 is 2.55 bits per heavy atom. The van der Waals surface area contributed by atoms with Crippen molar-refractivity contribution in [2.45, 2.75) is 24.4 Å². The third-order valence-corrected chi connectivity index (χ3v) is 5.84. The number of nitrogens with one attached hydrogen (secondary N) is 2. The molecule has 1 saturated heterocycles. The molecular formula is C23H21F3N2O3. The second-order valence-corrected chi connectivity index (χ2v) is 7.75. The van der Waals surface area contributed by atoms with E-state index in [4.69, 9.17) is 4.74 Å². The van der Waals surface area contributed by atoms with Crippen molar-refractivity contribution in [3.05, 3.63) is 81.8 Å². The number of carbonyl (C=O) groups is 1. The number of aromatic nitrogens is 1. The molecule has 0 spiro atoms. The van der Waals surface area contributed by atoms with E-state index in [1.807, 2.05) is 0 Å². The Balaban J connectivity index is 1.61. The van der Waals surface area contributed by atoms with E-state index in [9.17, 15) is 22.8 Å². The molecule has 0 unspecified atom stereocenters. The molecule has 0 bridgehead atoms. The maximum Gasteiger partial charge on any atom is 0.416 e. The summed E-state index contributed by atoms with van der Waals surface area (Å²) in [7, 11) is 0. The van der Waals surface area contributed by atoms with E-state index in [2.05, 4.69) is 10.3 Å². The van der Waals surface area contributed by atoms with Crippen LogP contribution in [0.3, 0.4) is 0 Å². The lowest BCUT2D eigenvalue weighted by Crippen LogP contribution is -2.45. The first-order chi connectivity index (χ1) is 14.8. The zero-order valence-electron chi connectivity index (χ0n) is 16.6. The smallest absolute Gasteiger partial charge is 0.381 e. The summed E-state index contributed by atoms with van der Waals surface area (Å²) in [6, 6.07) is 13.7. The van der Waals surface area contributed by atoms with Crippen molar-refractivity contribution in [2.24, 2.45) is 0 Å². The number of hydrogen-bond acceptors (Lipinski definition) is 3. The molecule has 162 valence electrons. The Morgan fingerprint density at radius 2 is 1.81 bits per heavy atom. The molecule has 1 aliphatic rings. The summed E-state index contributed by atoms with van der Waals surface area (Å²) < 4.78 is 45.1. The van der Waals surface area contributed by atoms with Gasteiger partial charge in [0.1, 0.15) is 5.69 Å². The van der Waals surface area contributed by atoms with E-state index in [0.717, 1.165) is 12.1 Å². The fourth-order valence-electron chi connectivity index (χ4n) is 4.03. The predicted molar refractivity (Wildman–Crippen MR) is 110 cm³/mol. The van der Waals surface area contributed by atoms with Crippen LogP contribution in [0.2, 0.25) is 0 Å². The van der Waals surface area contributed by atoms with Crippen LogP contribution in [0, 0.1) is 0 Å². The minimum absolute atomic E-state index is 0.106. The highest BCUT2D eigenvalue weighted by Crippen LogP contribution is 2.37. The summed E-state index contributed by atoms with van der Waals surface area (Å²) in [6.45, 7) is 0.906. The Hall–Kier alpha value is -3.13. The van der Waals surface area contributed by atoms with Gasteiger partial charge in [0.05, 0.1) is 5.56 Å². The highest BCUT2D eigenvalue weighted by atomic mass is 19.4. The van der Waals surface area contributed by atoms with Crippen LogP contribution in [0.5, 0.6) is 0 Å². The largest absolute Gasteiger partial charge is 0.416 e. The molecule has 3 aromatic rings. The zero-order chi connectivity index (χ0) is 22.1. The van der Waals surface area contributed by atoms with Gasteiger partial charge >= 0.3 is 6.18 Å². The second kappa shape index (κ2) is 8.19. The maximum absolute atomic E-state index is 13.2. The molecule has 1 fully saturated rings. The van der Waals surface area contributed by atoms with Crippen LogP contribution >= 0.6 is 0 Å². The molecule has 0 aliphatic carbocycles. The van der Waals surface area contributed by atoms with Crippen molar-refractivity contribution >= 4 is 16.7 Å². The van der Waals surface area contributed by atoms with E-state index in [1.165, 1.54) is 6.07 Å². The molecule has 4 rings (SSSR count). The van der Waals surface area contributed by atoms with E-state index >= 15 is 0 Å². The standard InChI is InChI=1S/C23H21F3N2O3/c24-23(25,26)17-6-3-5-16(13-17)22(8-10-31-11-9-22)14-27-21(30)19-12-15-4-1-2-7-18(15)20(29)28-19/h1-7,12-13H,8-11,14H2,(H,27,30)(H,28,29). The number of aromatic amines is 1. The van der Waals surface area contributed by atoms with Crippen LogP contribution in [0.15, 0.2) is 59.4 Å². The summed E-state index contributed by atoms with van der Waals surface area (Å²) >= 11 is 0. The quantitative estimate of drug-likeness (QED) is 0.657. The highest BCUT2D eigenvalue weighted by molar-refractivity contribution is 5.96. The predicted octanol–water partition coefficient (Wildman–Crippen LogP) is 4.03. The van der Waals surface area contributed by atoms with E-state index < -0.39 is 23.1 Å². The number of amides is 1. The third kappa shape index (κ3) is 4.34. The Kier molecular flexibility index (Phi) is 5.58. The number of rotatable bonds is 4. The van der Waals surface area contributed by atoms with E-state index in [-0.39, 0.29) is 17.8 Å². The molecule has 8 heteroatoms. The molecule has 1 aromatic heterocycles. The van der Waals surface area contributed by atoms with Crippen LogP contribution in [-0.2, 0) is 16.3 Å². The summed E-state index contributed by atoms with van der Waals surface area (Å²) in [5, 5.41) is 3.92. The molecule has 0 saturated carbocycles. The fraction of sp³-hybridized carbons (Fsp3) is 0.304. The summed E-state index contributed by atoms with van der Waals surface area (Å²) in [4.78, 5) is 27.6. The molecule has 0 atom stereocenters. The second-order valence-electron chi connectivity index (χ2n) is 7.75. The Bertz CT molecular complexity index is 1160. The minimum Gasteiger partial charge on any atom is -0.381 e. The summed E-state index contributed by atoms with van der Waals surface area (Å²) in [6.07, 6.45) is -3.50. The van der Waals surface area contributed by atoms with Gasteiger partial charge in [-0.3, -0.25) is 9.59 Å². The first-order valence-corrected chi connectivity index (χ1v) is 9.94. The third-order valence-electron chi connectivity index (χ3n) is 5.84. The zero-order valence-corrected chi connectivity index (χ0v) is 16.6. The first-order valence-electron chi connectivity index (χ1n) is 9.94. The normalized spacial score (nSPS) is 16.2. The number of H-pyrrole nitrogens is 1. The maximum atomic E-state index is 13.2. The molecule has 1 aliphatic heterocycles. The number of ether oxygens (including phenoxy) is 1. The van der Waals surface area contributed by atoms with Gasteiger partial charge in [-0.25, -0.2) is 0 Å². The average molecular weight is 430 g/mol. The van der Waals surface area contributed by atoms with Gasteiger partial charge in [0.15, 0.2) is 0 Å². The number of pyridine rings is 1. The lowest BCUT2D eigenvalue weighted by molar-refractivity contribution is -0.137. The highest BCUT2D eigenvalue weighted by Gasteiger charge is 2.37. The molecule has 2 N–H and O–H groups in total. The number of halogens is 3. The van der Waals surface area contributed by atoms with Crippen molar-refractivity contribution in [1.29, 1.82) is 0 Å². The molecule has 2 aromatic carbocycles. The monoisotopic (exact) mass is 430 g/mol. The van der Waals surface area contributed by atoms with Gasteiger partial charge in [0.25, 0.3) is 11.5 Å². The van der Waals surface area contributed by atoms with Crippen LogP contribution in [0.25, 0.3) is 10.8 Å². The lowest BCUT2D eigenvalue weighted by Gasteiger charge is -2.38. The minimum atomic E-state index is -4.45. The van der Waals surface area contributed by atoms with Crippen LogP contribution < -0.4 is 10.9 Å². The van der Waals surface area contributed by atoms with Gasteiger partial charge in [-0.1, -0.05) is 36.4 Å². The van der Waals surface area contributed by atoms with Gasteiger partial charge in [-0.15, -0.1) is 0 Å². The summed E-state index contributed by atoms with van der Waals surface area (Å²) in [5.74, 6) is -0.485. The van der Waals surface area contributed by atoms with Crippen molar-refractivity contribution in [2.75, 3.05) is 19.8 Å². The SMILES string of the molecule is O=C(NCC1(c2cccc(C(F)(F)F)c2)CCOCC1)c1cc2ccccc2c(=O)[nH]1. The lowest BCUT2D eigenvalue weighted by atomic mass is 9.73. The molecule has 0 radical (unpaired) electrons. The van der Waals surface area contributed by atoms with E-state index in [0.29, 0.717) is 42.4 Å². The number of fused-ring (bicyclic) bond motifs is 1. The van der Waals surface area contributed by atoms with Gasteiger partial charge in [-0.05, 0) is 42.0 Å². The van der Waals surface area contributed by atoms with Crippen molar-refractivity contribution in [3.63, 3.8) is 0 Å². The topological polar surface area (TPSA) is 71.2 Å². The number of benzene rings is 2. The van der Waals surface area contributed by atoms with Gasteiger partial charge in [-0.2, -0.15) is 13.2 Å². The van der Waals surface area contributed by atoms with Crippen LogP contribution in [-0.4, -0.2) is 30.6 Å². The molecule has 2 heterocycles. The average Bonchev–Trinajstić information content (AvgIpc) is 2.77. The molecule has 31 heavy (non-hydrogen) atoms. The van der Waals surface area contributed by atoms with Crippen LogP contribution in [0.4, 0.5) is 13.2 Å².